The number of aromatic nitrogens is 4. The highest BCUT2D eigenvalue weighted by atomic mass is 14.9. The summed E-state index contributed by atoms with van der Waals surface area (Å²) in [6.45, 7) is 0. The summed E-state index contributed by atoms with van der Waals surface area (Å²) in [5.41, 5.74) is 2.90. The lowest BCUT2D eigenvalue weighted by Gasteiger charge is -1.86. The highest BCUT2D eigenvalue weighted by Gasteiger charge is 2.03. The lowest BCUT2D eigenvalue weighted by atomic mass is 10.3. The standard InChI is InChI=1S/C9H6N4/c1-2-10-3-7-6(1)9-8(13-7)4-11-5-12-9/h1-5,13H. The first kappa shape index (κ1) is 6.54. The van der Waals surface area contributed by atoms with E-state index in [0.717, 1.165) is 21.9 Å². The number of nitrogens with one attached hydrogen (secondary N) is 1. The molecule has 0 saturated heterocycles. The summed E-state index contributed by atoms with van der Waals surface area (Å²) in [6, 6.07) is 1.95. The highest BCUT2D eigenvalue weighted by molar-refractivity contribution is 6.03. The smallest absolute Gasteiger partial charge is 0.116 e. The van der Waals surface area contributed by atoms with Crippen LogP contribution in [0.1, 0.15) is 0 Å². The van der Waals surface area contributed by atoms with Crippen molar-refractivity contribution in [2.24, 2.45) is 0 Å². The van der Waals surface area contributed by atoms with Crippen molar-refractivity contribution in [1.82, 2.24) is 19.9 Å². The fraction of sp³-hybridized carbons (Fsp3) is 0. The van der Waals surface area contributed by atoms with Gasteiger partial charge in [-0.2, -0.15) is 0 Å². The largest absolute Gasteiger partial charge is 0.351 e. The van der Waals surface area contributed by atoms with E-state index in [1.807, 2.05) is 6.07 Å². The summed E-state index contributed by atoms with van der Waals surface area (Å²) in [4.78, 5) is 15.4. The van der Waals surface area contributed by atoms with Crippen LogP contribution in [0.3, 0.4) is 0 Å². The molecule has 0 atom stereocenters. The zero-order chi connectivity index (χ0) is 8.67. The maximum atomic E-state index is 4.20. The third-order valence-corrected chi connectivity index (χ3v) is 2.06. The van der Waals surface area contributed by atoms with E-state index in [2.05, 4.69) is 19.9 Å². The minimum absolute atomic E-state index is 0.950. The van der Waals surface area contributed by atoms with Crippen LogP contribution in [0.15, 0.2) is 31.0 Å². The van der Waals surface area contributed by atoms with E-state index in [4.69, 9.17) is 0 Å². The summed E-state index contributed by atoms with van der Waals surface area (Å²) in [5, 5.41) is 1.09. The number of rotatable bonds is 0. The fourth-order valence-corrected chi connectivity index (χ4v) is 1.48. The van der Waals surface area contributed by atoms with Crippen LogP contribution in [-0.4, -0.2) is 19.9 Å². The minimum Gasteiger partial charge on any atom is -0.351 e. The Balaban J connectivity index is 2.64. The van der Waals surface area contributed by atoms with Crippen molar-refractivity contribution in [1.29, 1.82) is 0 Å². The molecule has 62 valence electrons. The molecular weight excluding hydrogens is 164 g/mol. The molecule has 0 unspecified atom stereocenters. The Kier molecular flexibility index (Phi) is 1.14. The maximum Gasteiger partial charge on any atom is 0.116 e. The topological polar surface area (TPSA) is 54.5 Å². The first-order valence-corrected chi connectivity index (χ1v) is 3.96. The zero-order valence-corrected chi connectivity index (χ0v) is 6.73. The average Bonchev–Trinajstić information content (AvgIpc) is 2.56. The molecule has 4 nitrogen and oxygen atoms in total. The van der Waals surface area contributed by atoms with Crippen LogP contribution in [0.25, 0.3) is 21.9 Å². The number of pyridine rings is 1. The van der Waals surface area contributed by atoms with Crippen molar-refractivity contribution in [3.8, 4) is 0 Å². The molecule has 0 radical (unpaired) electrons. The van der Waals surface area contributed by atoms with Gasteiger partial charge in [-0.15, -0.1) is 0 Å². The van der Waals surface area contributed by atoms with Crippen LogP contribution < -0.4 is 0 Å². The van der Waals surface area contributed by atoms with Gasteiger partial charge in [0.15, 0.2) is 0 Å². The first-order valence-electron chi connectivity index (χ1n) is 3.96. The molecule has 0 aliphatic carbocycles. The summed E-state index contributed by atoms with van der Waals surface area (Å²) in [7, 11) is 0. The molecule has 3 aromatic rings. The molecule has 0 bridgehead atoms. The molecular formula is C9H6N4. The van der Waals surface area contributed by atoms with Gasteiger partial charge in [-0.25, -0.2) is 9.97 Å². The van der Waals surface area contributed by atoms with Crippen LogP contribution in [0.2, 0.25) is 0 Å². The number of H-pyrrole nitrogens is 1. The van der Waals surface area contributed by atoms with Gasteiger partial charge in [-0.05, 0) is 6.07 Å². The second kappa shape index (κ2) is 2.26. The second-order valence-electron chi connectivity index (χ2n) is 2.83. The van der Waals surface area contributed by atoms with Gasteiger partial charge in [0.1, 0.15) is 6.33 Å². The molecule has 0 aliphatic heterocycles. The van der Waals surface area contributed by atoms with Crippen LogP contribution in [0.4, 0.5) is 0 Å². The molecule has 0 aliphatic rings. The average molecular weight is 170 g/mol. The molecule has 3 rings (SSSR count). The van der Waals surface area contributed by atoms with E-state index in [1.165, 1.54) is 0 Å². The van der Waals surface area contributed by atoms with Gasteiger partial charge in [0.05, 0.1) is 28.9 Å². The van der Waals surface area contributed by atoms with Crippen molar-refractivity contribution in [2.75, 3.05) is 0 Å². The molecule has 4 heteroatoms. The fourth-order valence-electron chi connectivity index (χ4n) is 1.48. The van der Waals surface area contributed by atoms with Gasteiger partial charge in [0, 0.05) is 11.6 Å². The lowest BCUT2D eigenvalue weighted by Crippen LogP contribution is -1.75. The Morgan fingerprint density at radius 1 is 1.08 bits per heavy atom. The summed E-state index contributed by atoms with van der Waals surface area (Å²) >= 11 is 0. The molecule has 3 heterocycles. The van der Waals surface area contributed by atoms with Gasteiger partial charge < -0.3 is 4.98 Å². The summed E-state index contributed by atoms with van der Waals surface area (Å²) < 4.78 is 0. The number of hydrogen-bond acceptors (Lipinski definition) is 3. The second-order valence-corrected chi connectivity index (χ2v) is 2.83. The quantitative estimate of drug-likeness (QED) is 0.556. The zero-order valence-electron chi connectivity index (χ0n) is 6.73. The van der Waals surface area contributed by atoms with E-state index in [9.17, 15) is 0 Å². The summed E-state index contributed by atoms with van der Waals surface area (Å²) in [6.07, 6.45) is 6.87. The number of fused-ring (bicyclic) bond motifs is 3. The van der Waals surface area contributed by atoms with Crippen molar-refractivity contribution in [3.63, 3.8) is 0 Å². The normalized spacial score (nSPS) is 11.1. The Hall–Kier alpha value is -1.97. The maximum absolute atomic E-state index is 4.20. The number of hydrogen-bond donors (Lipinski definition) is 1. The van der Waals surface area contributed by atoms with E-state index in [-0.39, 0.29) is 0 Å². The number of nitrogens with zero attached hydrogens (tertiary/aromatic N) is 3. The van der Waals surface area contributed by atoms with Crippen LogP contribution in [0.5, 0.6) is 0 Å². The molecule has 0 fully saturated rings. The highest BCUT2D eigenvalue weighted by Crippen LogP contribution is 2.20. The van der Waals surface area contributed by atoms with Gasteiger partial charge >= 0.3 is 0 Å². The van der Waals surface area contributed by atoms with Gasteiger partial charge in [0.25, 0.3) is 0 Å². The lowest BCUT2D eigenvalue weighted by molar-refractivity contribution is 1.22. The molecule has 1 N–H and O–H groups in total. The van der Waals surface area contributed by atoms with Crippen LogP contribution in [-0.2, 0) is 0 Å². The van der Waals surface area contributed by atoms with E-state index in [0.29, 0.717) is 0 Å². The predicted octanol–water partition coefficient (Wildman–Crippen LogP) is 1.51. The van der Waals surface area contributed by atoms with Crippen LogP contribution >= 0.6 is 0 Å². The van der Waals surface area contributed by atoms with Gasteiger partial charge in [0.2, 0.25) is 0 Å². The first-order chi connectivity index (χ1) is 6.45. The van der Waals surface area contributed by atoms with Crippen molar-refractivity contribution in [2.45, 2.75) is 0 Å². The third kappa shape index (κ3) is 0.823. The SMILES string of the molecule is c1cc2c(cn1)[nH]c1cncnc12. The molecule has 3 aromatic heterocycles. The van der Waals surface area contributed by atoms with Crippen molar-refractivity contribution < 1.29 is 0 Å². The summed E-state index contributed by atoms with van der Waals surface area (Å²) in [5.74, 6) is 0. The molecule has 0 amide bonds. The minimum atomic E-state index is 0.950. The van der Waals surface area contributed by atoms with Crippen LogP contribution in [0, 0.1) is 0 Å². The third-order valence-electron chi connectivity index (χ3n) is 2.06. The van der Waals surface area contributed by atoms with E-state index in [1.54, 1.807) is 24.9 Å². The van der Waals surface area contributed by atoms with E-state index < -0.39 is 0 Å². The molecule has 13 heavy (non-hydrogen) atoms. The Labute approximate surface area is 73.7 Å². The Morgan fingerprint density at radius 3 is 3.00 bits per heavy atom. The van der Waals surface area contributed by atoms with Crippen molar-refractivity contribution >= 4 is 21.9 Å². The van der Waals surface area contributed by atoms with Gasteiger partial charge in [-0.1, -0.05) is 0 Å². The number of aromatic amines is 1. The molecule has 0 aromatic carbocycles. The Bertz CT molecular complexity index is 519. The predicted molar refractivity (Wildman–Crippen MR) is 49.2 cm³/mol. The Morgan fingerprint density at radius 2 is 2.00 bits per heavy atom. The monoisotopic (exact) mass is 170 g/mol. The van der Waals surface area contributed by atoms with Gasteiger partial charge in [-0.3, -0.25) is 4.98 Å². The van der Waals surface area contributed by atoms with Crippen molar-refractivity contribution in [3.05, 3.63) is 31.0 Å². The molecule has 0 spiro atoms. The van der Waals surface area contributed by atoms with E-state index >= 15 is 0 Å². The molecule has 0 saturated carbocycles.